The Morgan fingerprint density at radius 2 is 2.20 bits per heavy atom. The third-order valence-electron chi connectivity index (χ3n) is 1.87. The minimum atomic E-state index is -1.12. The van der Waals surface area contributed by atoms with Crippen LogP contribution in [0.5, 0.6) is 0 Å². The summed E-state index contributed by atoms with van der Waals surface area (Å²) in [5.41, 5.74) is 5.56. The Hall–Kier alpha value is -0.560. The second-order valence-corrected chi connectivity index (χ2v) is 3.80. The average molecular weight is 250 g/mol. The molecule has 84 valence electrons. The zero-order valence-electron chi connectivity index (χ0n) is 7.84. The Kier molecular flexibility index (Phi) is 4.59. The van der Waals surface area contributed by atoms with Crippen molar-refractivity contribution in [2.45, 2.75) is 18.6 Å². The molecule has 0 aliphatic heterocycles. The van der Waals surface area contributed by atoms with Gasteiger partial charge in [-0.15, -0.1) is 0 Å². The molecule has 0 aliphatic rings. The fourth-order valence-corrected chi connectivity index (χ4v) is 1.43. The van der Waals surface area contributed by atoms with Gasteiger partial charge in [0.2, 0.25) is 0 Å². The Labute approximate surface area is 97.7 Å². The zero-order valence-corrected chi connectivity index (χ0v) is 9.49. The van der Waals surface area contributed by atoms with Gasteiger partial charge in [0.15, 0.2) is 11.0 Å². The van der Waals surface area contributed by atoms with E-state index in [1.807, 2.05) is 0 Å². The summed E-state index contributed by atoms with van der Waals surface area (Å²) in [6.07, 6.45) is -0.416. The van der Waals surface area contributed by atoms with Gasteiger partial charge in [-0.25, -0.2) is 9.97 Å². The van der Waals surface area contributed by atoms with Crippen molar-refractivity contribution in [2.75, 3.05) is 11.5 Å². The SMILES string of the molecule is Nc1ncc(C(O)C(O)CCS)nc1Cl. The van der Waals surface area contributed by atoms with Gasteiger partial charge < -0.3 is 15.9 Å². The molecule has 1 heterocycles. The number of nitrogens with two attached hydrogens (primary N) is 1. The topological polar surface area (TPSA) is 92.3 Å². The molecule has 7 heteroatoms. The molecule has 0 spiro atoms. The minimum Gasteiger partial charge on any atom is -0.390 e. The molecule has 4 N–H and O–H groups in total. The van der Waals surface area contributed by atoms with Gasteiger partial charge in [0.05, 0.1) is 18.0 Å². The predicted molar refractivity (Wildman–Crippen MR) is 60.9 cm³/mol. The Morgan fingerprint density at radius 1 is 1.53 bits per heavy atom. The molecule has 0 amide bonds. The Morgan fingerprint density at radius 3 is 2.73 bits per heavy atom. The molecule has 1 rings (SSSR count). The quantitative estimate of drug-likeness (QED) is 0.581. The van der Waals surface area contributed by atoms with Crippen LogP contribution in [-0.2, 0) is 0 Å². The van der Waals surface area contributed by atoms with E-state index in [2.05, 4.69) is 22.6 Å². The summed E-state index contributed by atoms with van der Waals surface area (Å²) >= 11 is 9.58. The average Bonchev–Trinajstić information content (AvgIpc) is 2.21. The van der Waals surface area contributed by atoms with Gasteiger partial charge in [-0.3, -0.25) is 0 Å². The molecule has 1 aromatic rings. The lowest BCUT2D eigenvalue weighted by molar-refractivity contribution is 0.0145. The molecule has 1 aromatic heterocycles. The predicted octanol–water partition coefficient (Wildman–Crippen LogP) is 0.426. The summed E-state index contributed by atoms with van der Waals surface area (Å²) in [7, 11) is 0. The molecule has 2 atom stereocenters. The molecule has 0 bridgehead atoms. The molecule has 0 saturated carbocycles. The zero-order chi connectivity index (χ0) is 11.4. The largest absolute Gasteiger partial charge is 0.390 e. The summed E-state index contributed by atoms with van der Waals surface area (Å²) < 4.78 is 0. The molecule has 0 fully saturated rings. The normalized spacial score (nSPS) is 14.9. The first-order chi connectivity index (χ1) is 7.06. The minimum absolute atomic E-state index is 0.0182. The van der Waals surface area contributed by atoms with Crippen molar-refractivity contribution in [1.29, 1.82) is 0 Å². The van der Waals surface area contributed by atoms with Crippen LogP contribution in [0.25, 0.3) is 0 Å². The lowest BCUT2D eigenvalue weighted by Gasteiger charge is -2.16. The first-order valence-corrected chi connectivity index (χ1v) is 5.32. The summed E-state index contributed by atoms with van der Waals surface area (Å²) in [5, 5.41) is 19.2. The molecule has 15 heavy (non-hydrogen) atoms. The van der Waals surface area contributed by atoms with Crippen LogP contribution in [0.4, 0.5) is 5.82 Å². The summed E-state index contributed by atoms with van der Waals surface area (Å²) in [6.45, 7) is 0. The van der Waals surface area contributed by atoms with Crippen LogP contribution in [0, 0.1) is 0 Å². The van der Waals surface area contributed by atoms with Crippen molar-refractivity contribution in [3.05, 3.63) is 17.0 Å². The number of aliphatic hydroxyl groups excluding tert-OH is 2. The van der Waals surface area contributed by atoms with Gasteiger partial charge in [-0.2, -0.15) is 12.6 Å². The highest BCUT2D eigenvalue weighted by atomic mass is 35.5. The van der Waals surface area contributed by atoms with Crippen molar-refractivity contribution in [2.24, 2.45) is 0 Å². The molecule has 0 aromatic carbocycles. The van der Waals surface area contributed by atoms with E-state index >= 15 is 0 Å². The Balaban J connectivity index is 2.81. The number of rotatable bonds is 4. The van der Waals surface area contributed by atoms with E-state index < -0.39 is 12.2 Å². The van der Waals surface area contributed by atoms with Crippen molar-refractivity contribution in [1.82, 2.24) is 9.97 Å². The number of thiol groups is 1. The Bertz CT molecular complexity index is 340. The number of nitrogen functional groups attached to an aromatic ring is 1. The number of aliphatic hydroxyl groups is 2. The van der Waals surface area contributed by atoms with Crippen LogP contribution in [0.2, 0.25) is 5.15 Å². The maximum Gasteiger partial charge on any atom is 0.171 e. The fourth-order valence-electron chi connectivity index (χ4n) is 1.02. The van der Waals surface area contributed by atoms with Crippen LogP contribution in [0.3, 0.4) is 0 Å². The lowest BCUT2D eigenvalue weighted by Crippen LogP contribution is -2.20. The fraction of sp³-hybridized carbons (Fsp3) is 0.500. The van der Waals surface area contributed by atoms with Gasteiger partial charge in [-0.1, -0.05) is 11.6 Å². The van der Waals surface area contributed by atoms with E-state index in [0.29, 0.717) is 12.2 Å². The van der Waals surface area contributed by atoms with E-state index in [9.17, 15) is 10.2 Å². The number of hydrogen-bond donors (Lipinski definition) is 4. The number of halogens is 1. The monoisotopic (exact) mass is 249 g/mol. The summed E-state index contributed by atoms with van der Waals surface area (Å²) in [6, 6.07) is 0. The summed E-state index contributed by atoms with van der Waals surface area (Å²) in [4.78, 5) is 7.55. The number of anilines is 1. The van der Waals surface area contributed by atoms with Crippen molar-refractivity contribution < 1.29 is 10.2 Å². The third kappa shape index (κ3) is 3.20. The summed E-state index contributed by atoms with van der Waals surface area (Å²) in [5.74, 6) is 0.560. The van der Waals surface area contributed by atoms with Crippen molar-refractivity contribution in [3.8, 4) is 0 Å². The van der Waals surface area contributed by atoms with Crippen molar-refractivity contribution in [3.63, 3.8) is 0 Å². The van der Waals surface area contributed by atoms with E-state index in [4.69, 9.17) is 17.3 Å². The van der Waals surface area contributed by atoms with Gasteiger partial charge in [0, 0.05) is 0 Å². The van der Waals surface area contributed by atoms with Crippen molar-refractivity contribution >= 4 is 30.0 Å². The molecular formula is C8H12ClN3O2S. The number of aromatic nitrogens is 2. The van der Waals surface area contributed by atoms with Crippen LogP contribution >= 0.6 is 24.2 Å². The van der Waals surface area contributed by atoms with Crippen LogP contribution in [0.15, 0.2) is 6.20 Å². The smallest absolute Gasteiger partial charge is 0.171 e. The maximum absolute atomic E-state index is 9.65. The van der Waals surface area contributed by atoms with Gasteiger partial charge in [-0.05, 0) is 12.2 Å². The van der Waals surface area contributed by atoms with E-state index in [0.717, 1.165) is 0 Å². The third-order valence-corrected chi connectivity index (χ3v) is 2.40. The number of nitrogens with zero attached hydrogens (tertiary/aromatic N) is 2. The second kappa shape index (κ2) is 5.50. The van der Waals surface area contributed by atoms with Gasteiger partial charge in [0.1, 0.15) is 6.10 Å². The standard InChI is InChI=1S/C8H12ClN3O2S/c9-7-8(10)11-3-4(12-7)6(14)5(13)1-2-15/h3,5-6,13-15H,1-2H2,(H2,10,11). The highest BCUT2D eigenvalue weighted by Crippen LogP contribution is 2.20. The van der Waals surface area contributed by atoms with Gasteiger partial charge >= 0.3 is 0 Å². The van der Waals surface area contributed by atoms with Crippen LogP contribution < -0.4 is 5.73 Å². The lowest BCUT2D eigenvalue weighted by atomic mass is 10.1. The van der Waals surface area contributed by atoms with Gasteiger partial charge in [0.25, 0.3) is 0 Å². The molecule has 5 nitrogen and oxygen atoms in total. The van der Waals surface area contributed by atoms with E-state index in [1.165, 1.54) is 6.20 Å². The molecule has 0 radical (unpaired) electrons. The molecule has 0 aliphatic carbocycles. The highest BCUT2D eigenvalue weighted by molar-refractivity contribution is 7.80. The molecule has 2 unspecified atom stereocenters. The van der Waals surface area contributed by atoms with Crippen LogP contribution in [0.1, 0.15) is 18.2 Å². The van der Waals surface area contributed by atoms with E-state index in [-0.39, 0.29) is 16.7 Å². The number of hydrogen-bond acceptors (Lipinski definition) is 6. The molecule has 0 saturated heterocycles. The first kappa shape index (κ1) is 12.5. The van der Waals surface area contributed by atoms with E-state index in [1.54, 1.807) is 0 Å². The molecular weight excluding hydrogens is 238 g/mol. The second-order valence-electron chi connectivity index (χ2n) is 3.00. The van der Waals surface area contributed by atoms with Crippen LogP contribution in [-0.4, -0.2) is 32.0 Å². The first-order valence-electron chi connectivity index (χ1n) is 4.31. The highest BCUT2D eigenvalue weighted by Gasteiger charge is 2.20. The maximum atomic E-state index is 9.65.